The molecule has 0 heterocycles. The molecule has 0 N–H and O–H groups in total. The Hall–Kier alpha value is -0.740. The highest BCUT2D eigenvalue weighted by atomic mass is 16.5. The van der Waals surface area contributed by atoms with Crippen molar-refractivity contribution in [2.75, 3.05) is 26.4 Å². The van der Waals surface area contributed by atoms with Crippen molar-refractivity contribution in [1.29, 1.82) is 0 Å². The number of hydrogen-bond donors (Lipinski definition) is 0. The van der Waals surface area contributed by atoms with Gasteiger partial charge in [0.2, 0.25) is 0 Å². The summed E-state index contributed by atoms with van der Waals surface area (Å²) in [4.78, 5) is 22.9. The van der Waals surface area contributed by atoms with Crippen LogP contribution in [-0.4, -0.2) is 38.0 Å². The van der Waals surface area contributed by atoms with Crippen molar-refractivity contribution in [3.63, 3.8) is 0 Å². The Kier molecular flexibility index (Phi) is 8.85. The second kappa shape index (κ2) is 9.21. The smallest absolute Gasteiger partial charge is 0.140 e. The van der Waals surface area contributed by atoms with E-state index in [2.05, 4.69) is 0 Å². The minimum absolute atomic E-state index is 0.0725. The van der Waals surface area contributed by atoms with Gasteiger partial charge in [-0.2, -0.15) is 0 Å². The van der Waals surface area contributed by atoms with E-state index in [1.807, 2.05) is 34.6 Å². The molecule has 0 aliphatic carbocycles. The highest BCUT2D eigenvalue weighted by molar-refractivity contribution is 5.83. The van der Waals surface area contributed by atoms with Crippen LogP contribution in [-0.2, 0) is 19.1 Å². The SMILES string of the molecule is CC(C)C(=O)CCOCCOCCC(=O)C(C)(C)C. The van der Waals surface area contributed by atoms with Gasteiger partial charge in [0.05, 0.1) is 26.4 Å². The van der Waals surface area contributed by atoms with E-state index in [4.69, 9.17) is 9.47 Å². The van der Waals surface area contributed by atoms with Gasteiger partial charge in [-0.1, -0.05) is 34.6 Å². The molecule has 0 spiro atoms. The van der Waals surface area contributed by atoms with E-state index >= 15 is 0 Å². The van der Waals surface area contributed by atoms with Crippen molar-refractivity contribution in [2.24, 2.45) is 11.3 Å². The molecule has 0 unspecified atom stereocenters. The van der Waals surface area contributed by atoms with Gasteiger partial charge in [-0.15, -0.1) is 0 Å². The maximum atomic E-state index is 11.6. The first-order valence-electron chi connectivity index (χ1n) is 6.96. The summed E-state index contributed by atoms with van der Waals surface area (Å²) in [7, 11) is 0. The van der Waals surface area contributed by atoms with Crippen LogP contribution in [0.3, 0.4) is 0 Å². The van der Waals surface area contributed by atoms with Gasteiger partial charge in [-0.3, -0.25) is 9.59 Å². The zero-order chi connectivity index (χ0) is 14.9. The highest BCUT2D eigenvalue weighted by Crippen LogP contribution is 2.16. The molecule has 0 aromatic rings. The Labute approximate surface area is 116 Å². The average molecular weight is 272 g/mol. The summed E-state index contributed by atoms with van der Waals surface area (Å²) in [6.07, 6.45) is 0.898. The van der Waals surface area contributed by atoms with Crippen LogP contribution in [0.15, 0.2) is 0 Å². The van der Waals surface area contributed by atoms with Gasteiger partial charge in [0.25, 0.3) is 0 Å². The summed E-state index contributed by atoms with van der Waals surface area (Å²) >= 11 is 0. The molecule has 0 aromatic heterocycles. The lowest BCUT2D eigenvalue weighted by atomic mass is 9.89. The largest absolute Gasteiger partial charge is 0.379 e. The van der Waals surface area contributed by atoms with Crippen LogP contribution in [0.1, 0.15) is 47.5 Å². The molecular formula is C15H28O4. The number of ether oxygens (including phenoxy) is 2. The van der Waals surface area contributed by atoms with E-state index in [1.165, 1.54) is 0 Å². The number of Topliss-reactive ketones (excluding diaryl/α,β-unsaturated/α-hetero) is 2. The number of carbonyl (C=O) groups excluding carboxylic acids is 2. The lowest BCUT2D eigenvalue weighted by Gasteiger charge is -2.16. The Bertz CT molecular complexity index is 276. The fourth-order valence-electron chi connectivity index (χ4n) is 1.32. The molecular weight excluding hydrogens is 244 g/mol. The molecule has 0 bridgehead atoms. The molecule has 0 radical (unpaired) electrons. The third kappa shape index (κ3) is 9.79. The molecule has 4 heteroatoms. The zero-order valence-corrected chi connectivity index (χ0v) is 13.0. The van der Waals surface area contributed by atoms with Crippen LogP contribution in [0.5, 0.6) is 0 Å². The van der Waals surface area contributed by atoms with Gasteiger partial charge >= 0.3 is 0 Å². The van der Waals surface area contributed by atoms with E-state index in [1.54, 1.807) is 0 Å². The maximum absolute atomic E-state index is 11.6. The molecule has 0 saturated heterocycles. The lowest BCUT2D eigenvalue weighted by molar-refractivity contribution is -0.127. The van der Waals surface area contributed by atoms with E-state index in [0.717, 1.165) is 0 Å². The minimum atomic E-state index is -0.295. The summed E-state index contributed by atoms with van der Waals surface area (Å²) < 4.78 is 10.6. The number of rotatable bonds is 10. The summed E-state index contributed by atoms with van der Waals surface area (Å²) in [6.45, 7) is 11.3. The number of hydrogen-bond acceptors (Lipinski definition) is 4. The van der Waals surface area contributed by atoms with Crippen LogP contribution < -0.4 is 0 Å². The van der Waals surface area contributed by atoms with E-state index < -0.39 is 0 Å². The van der Waals surface area contributed by atoms with E-state index in [0.29, 0.717) is 39.3 Å². The predicted molar refractivity (Wildman–Crippen MR) is 75.2 cm³/mol. The van der Waals surface area contributed by atoms with Crippen molar-refractivity contribution < 1.29 is 19.1 Å². The topological polar surface area (TPSA) is 52.6 Å². The fraction of sp³-hybridized carbons (Fsp3) is 0.867. The first kappa shape index (κ1) is 18.3. The van der Waals surface area contributed by atoms with Crippen molar-refractivity contribution in [2.45, 2.75) is 47.5 Å². The third-order valence-corrected chi connectivity index (χ3v) is 2.82. The third-order valence-electron chi connectivity index (χ3n) is 2.82. The summed E-state index contributed by atoms with van der Waals surface area (Å²) in [5.74, 6) is 0.496. The molecule has 19 heavy (non-hydrogen) atoms. The quantitative estimate of drug-likeness (QED) is 0.574. The molecule has 0 amide bonds. The van der Waals surface area contributed by atoms with Crippen LogP contribution in [0.2, 0.25) is 0 Å². The lowest BCUT2D eigenvalue weighted by Crippen LogP contribution is -2.21. The second-order valence-corrected chi connectivity index (χ2v) is 6.02. The van der Waals surface area contributed by atoms with Crippen LogP contribution in [0, 0.1) is 11.3 Å². The Morgan fingerprint density at radius 1 is 0.895 bits per heavy atom. The minimum Gasteiger partial charge on any atom is -0.379 e. The van der Waals surface area contributed by atoms with E-state index in [-0.39, 0.29) is 22.9 Å². The normalized spacial score (nSPS) is 11.9. The number of carbonyl (C=O) groups is 2. The van der Waals surface area contributed by atoms with Gasteiger partial charge < -0.3 is 9.47 Å². The Morgan fingerprint density at radius 3 is 1.79 bits per heavy atom. The Morgan fingerprint density at radius 2 is 1.37 bits per heavy atom. The van der Waals surface area contributed by atoms with Crippen molar-refractivity contribution in [3.05, 3.63) is 0 Å². The van der Waals surface area contributed by atoms with Gasteiger partial charge in [-0.05, 0) is 0 Å². The highest BCUT2D eigenvalue weighted by Gasteiger charge is 2.20. The second-order valence-electron chi connectivity index (χ2n) is 6.02. The first-order chi connectivity index (χ1) is 8.75. The summed E-state index contributed by atoms with van der Waals surface area (Å²) in [6, 6.07) is 0. The van der Waals surface area contributed by atoms with Crippen LogP contribution >= 0.6 is 0 Å². The van der Waals surface area contributed by atoms with Crippen molar-refractivity contribution >= 4 is 11.6 Å². The van der Waals surface area contributed by atoms with Crippen LogP contribution in [0.4, 0.5) is 0 Å². The summed E-state index contributed by atoms with van der Waals surface area (Å²) in [5, 5.41) is 0. The first-order valence-corrected chi connectivity index (χ1v) is 6.96. The molecule has 0 rings (SSSR count). The monoisotopic (exact) mass is 272 g/mol. The van der Waals surface area contributed by atoms with E-state index in [9.17, 15) is 9.59 Å². The molecule has 0 atom stereocenters. The maximum Gasteiger partial charge on any atom is 0.140 e. The molecule has 0 fully saturated rings. The van der Waals surface area contributed by atoms with Gasteiger partial charge in [0.1, 0.15) is 11.6 Å². The molecule has 0 aliphatic rings. The molecule has 112 valence electrons. The summed E-state index contributed by atoms with van der Waals surface area (Å²) in [5.41, 5.74) is -0.295. The molecule has 0 aromatic carbocycles. The zero-order valence-electron chi connectivity index (χ0n) is 13.0. The average Bonchev–Trinajstić information content (AvgIpc) is 2.30. The van der Waals surface area contributed by atoms with Gasteiger partial charge in [-0.25, -0.2) is 0 Å². The Balaban J connectivity index is 3.38. The molecule has 0 aliphatic heterocycles. The van der Waals surface area contributed by atoms with Crippen molar-refractivity contribution in [1.82, 2.24) is 0 Å². The van der Waals surface area contributed by atoms with Crippen LogP contribution in [0.25, 0.3) is 0 Å². The van der Waals surface area contributed by atoms with Crippen molar-refractivity contribution in [3.8, 4) is 0 Å². The molecule has 4 nitrogen and oxygen atoms in total. The standard InChI is InChI=1S/C15H28O4/c1-12(2)13(16)6-8-18-10-11-19-9-7-14(17)15(3,4)5/h12H,6-11H2,1-5H3. The van der Waals surface area contributed by atoms with Gasteiger partial charge in [0.15, 0.2) is 0 Å². The van der Waals surface area contributed by atoms with Gasteiger partial charge in [0, 0.05) is 24.2 Å². The number of ketones is 2. The molecule has 0 saturated carbocycles. The fourth-order valence-corrected chi connectivity index (χ4v) is 1.32. The predicted octanol–water partition coefficient (Wildman–Crippen LogP) is 2.64.